The minimum Gasteiger partial charge on any atom is -0.399 e. The van der Waals surface area contributed by atoms with Gasteiger partial charge in [0.05, 0.1) is 16.5 Å². The number of nitrogens with zero attached hydrogens (tertiary/aromatic N) is 3. The molecule has 2 aromatic carbocycles. The van der Waals surface area contributed by atoms with Gasteiger partial charge in [-0.25, -0.2) is 18.7 Å². The molecule has 4 heterocycles. The number of allylic oxidation sites excluding steroid dienone is 1. The predicted molar refractivity (Wildman–Crippen MR) is 174 cm³/mol. The molecule has 4 N–H and O–H groups in total. The molecule has 0 saturated carbocycles. The van der Waals surface area contributed by atoms with Crippen LogP contribution in [-0.4, -0.2) is 53.1 Å². The molecule has 2 bridgehead atoms. The number of nitrogens with two attached hydrogens (primary N) is 1. The molecule has 2 fully saturated rings. The van der Waals surface area contributed by atoms with Gasteiger partial charge in [0.15, 0.2) is 5.82 Å². The zero-order valence-corrected chi connectivity index (χ0v) is 27.2. The monoisotopic (exact) mass is 676 g/mol. The van der Waals surface area contributed by atoms with Gasteiger partial charge < -0.3 is 16.4 Å². The summed E-state index contributed by atoms with van der Waals surface area (Å²) >= 11 is 0. The molecule has 1 unspecified atom stereocenters. The van der Waals surface area contributed by atoms with Gasteiger partial charge in [-0.3, -0.25) is 4.90 Å². The van der Waals surface area contributed by atoms with Gasteiger partial charge in [0, 0.05) is 53.5 Å². The van der Waals surface area contributed by atoms with Crippen molar-refractivity contribution in [2.75, 3.05) is 37.7 Å². The molecule has 2 saturated heterocycles. The average molecular weight is 677 g/mol. The lowest BCUT2D eigenvalue weighted by Gasteiger charge is -2.36. The summed E-state index contributed by atoms with van der Waals surface area (Å²) in [6.45, 7) is 8.44. The van der Waals surface area contributed by atoms with Gasteiger partial charge in [-0.05, 0) is 81.8 Å². The van der Waals surface area contributed by atoms with E-state index in [4.69, 9.17) is 10.7 Å². The van der Waals surface area contributed by atoms with Gasteiger partial charge in [0.2, 0.25) is 0 Å². The molecular weight excluding hydrogens is 637 g/mol. The number of aromatic nitrogens is 2. The normalized spacial score (nSPS) is 23.2. The Morgan fingerprint density at radius 1 is 1.10 bits per heavy atom. The third kappa shape index (κ3) is 6.04. The largest absolute Gasteiger partial charge is 0.417 e. The van der Waals surface area contributed by atoms with Crippen molar-refractivity contribution in [3.8, 4) is 11.1 Å². The highest BCUT2D eigenvalue weighted by Gasteiger charge is 2.42. The van der Waals surface area contributed by atoms with E-state index in [1.807, 2.05) is 11.8 Å². The fourth-order valence-electron chi connectivity index (χ4n) is 8.09. The number of hydrogen-bond acceptors (Lipinski definition) is 6. The van der Waals surface area contributed by atoms with Crippen LogP contribution in [0, 0.1) is 24.5 Å². The van der Waals surface area contributed by atoms with E-state index >= 15 is 8.78 Å². The first-order valence-corrected chi connectivity index (χ1v) is 16.2. The quantitative estimate of drug-likeness (QED) is 0.180. The number of hydrogen-bond donors (Lipinski definition) is 3. The van der Waals surface area contributed by atoms with Crippen LogP contribution in [0.5, 0.6) is 0 Å². The molecular formula is C35H39F7N6. The van der Waals surface area contributed by atoms with Crippen molar-refractivity contribution in [3.63, 3.8) is 0 Å². The number of halogens is 7. The topological polar surface area (TPSA) is 79.1 Å². The van der Waals surface area contributed by atoms with Crippen LogP contribution >= 0.6 is 0 Å². The van der Waals surface area contributed by atoms with E-state index in [0.717, 1.165) is 25.0 Å². The van der Waals surface area contributed by atoms with Crippen molar-refractivity contribution in [3.05, 3.63) is 64.5 Å². The van der Waals surface area contributed by atoms with E-state index in [1.165, 1.54) is 6.92 Å². The fraction of sp³-hybridized carbons (Fsp3) is 0.486. The molecule has 48 heavy (non-hydrogen) atoms. The summed E-state index contributed by atoms with van der Waals surface area (Å²) in [6, 6.07) is 2.10. The summed E-state index contributed by atoms with van der Waals surface area (Å²) in [5.41, 5.74) is 2.05. The highest BCUT2D eigenvalue weighted by molar-refractivity contribution is 6.02. The van der Waals surface area contributed by atoms with Crippen LogP contribution in [0.4, 0.5) is 42.2 Å². The highest BCUT2D eigenvalue weighted by atomic mass is 19.4. The minimum atomic E-state index is -4.94. The van der Waals surface area contributed by atoms with Crippen molar-refractivity contribution in [2.24, 2.45) is 5.92 Å². The second-order valence-electron chi connectivity index (χ2n) is 13.6. The van der Waals surface area contributed by atoms with E-state index in [0.29, 0.717) is 37.9 Å². The van der Waals surface area contributed by atoms with Crippen LogP contribution < -0.4 is 16.4 Å². The van der Waals surface area contributed by atoms with Gasteiger partial charge in [-0.2, -0.15) is 22.0 Å². The SMILES string of the molecule is C=C1C[C@@H]2CN[C@@H](CNc3nc(CCC4(CCC)CC(=C(F)F)CN4C)nc4c(F)c(-c5cc(N)cc(C)c5C(F)(F)F)c(F)c1c34)C2. The second kappa shape index (κ2) is 12.6. The molecule has 1 aromatic heterocycles. The Morgan fingerprint density at radius 2 is 1.85 bits per heavy atom. The van der Waals surface area contributed by atoms with E-state index in [1.54, 1.807) is 7.05 Å². The van der Waals surface area contributed by atoms with Crippen molar-refractivity contribution in [1.82, 2.24) is 20.2 Å². The number of aryl methyl sites for hydroxylation is 2. The Balaban J connectivity index is 1.58. The number of alkyl halides is 3. The summed E-state index contributed by atoms with van der Waals surface area (Å²) in [6.07, 6.45) is -3.52. The van der Waals surface area contributed by atoms with Crippen LogP contribution in [0.1, 0.15) is 68.0 Å². The first-order valence-electron chi connectivity index (χ1n) is 16.2. The third-order valence-corrected chi connectivity index (χ3v) is 10.3. The lowest BCUT2D eigenvalue weighted by molar-refractivity contribution is -0.137. The van der Waals surface area contributed by atoms with E-state index in [-0.39, 0.29) is 76.3 Å². The molecule has 3 aromatic rings. The second-order valence-corrected chi connectivity index (χ2v) is 13.6. The van der Waals surface area contributed by atoms with E-state index in [9.17, 15) is 22.0 Å². The number of likely N-dealkylation sites (N-methyl/N-ethyl adjacent to an activating group) is 1. The van der Waals surface area contributed by atoms with Gasteiger partial charge in [0.1, 0.15) is 23.0 Å². The number of fused-ring (bicyclic) bond motifs is 2. The van der Waals surface area contributed by atoms with Crippen molar-refractivity contribution >= 4 is 28.0 Å². The highest BCUT2D eigenvalue weighted by Crippen LogP contribution is 2.47. The molecule has 6 nitrogen and oxygen atoms in total. The zero-order valence-electron chi connectivity index (χ0n) is 27.2. The van der Waals surface area contributed by atoms with Gasteiger partial charge >= 0.3 is 6.18 Å². The Labute approximate surface area is 274 Å². The predicted octanol–water partition coefficient (Wildman–Crippen LogP) is 8.25. The van der Waals surface area contributed by atoms with Crippen molar-refractivity contribution in [2.45, 2.75) is 76.6 Å². The lowest BCUT2D eigenvalue weighted by Crippen LogP contribution is -2.41. The number of benzene rings is 2. The molecule has 3 aliphatic heterocycles. The van der Waals surface area contributed by atoms with Crippen LogP contribution in [0.3, 0.4) is 0 Å². The minimum absolute atomic E-state index is 0.00367. The molecule has 0 spiro atoms. The summed E-state index contributed by atoms with van der Waals surface area (Å²) in [5, 5.41) is 6.67. The summed E-state index contributed by atoms with van der Waals surface area (Å²) in [7, 11) is 1.79. The average Bonchev–Trinajstić information content (AvgIpc) is 3.57. The third-order valence-electron chi connectivity index (χ3n) is 10.3. The molecule has 258 valence electrons. The van der Waals surface area contributed by atoms with E-state index in [2.05, 4.69) is 22.2 Å². The number of likely N-dealkylation sites (tertiary alicyclic amines) is 1. The van der Waals surface area contributed by atoms with Gasteiger partial charge in [-0.1, -0.05) is 19.9 Å². The Hall–Kier alpha value is -3.71. The van der Waals surface area contributed by atoms with E-state index < -0.39 is 46.1 Å². The number of anilines is 2. The molecule has 13 heteroatoms. The molecule has 0 amide bonds. The lowest BCUT2D eigenvalue weighted by atomic mass is 9.85. The molecule has 0 aliphatic carbocycles. The number of nitrogens with one attached hydrogen (secondary N) is 2. The van der Waals surface area contributed by atoms with Gasteiger partial charge in [0.25, 0.3) is 6.08 Å². The zero-order chi connectivity index (χ0) is 34.7. The molecule has 3 atom stereocenters. The van der Waals surface area contributed by atoms with Crippen LogP contribution in [0.25, 0.3) is 27.6 Å². The van der Waals surface area contributed by atoms with Crippen LogP contribution in [0.2, 0.25) is 0 Å². The van der Waals surface area contributed by atoms with Crippen molar-refractivity contribution < 1.29 is 30.7 Å². The maximum Gasteiger partial charge on any atom is 0.417 e. The first-order chi connectivity index (χ1) is 22.6. The summed E-state index contributed by atoms with van der Waals surface area (Å²) in [4.78, 5) is 11.2. The standard InChI is InChI=1S/C35H39F7N6/c1-5-7-34(13-20(32(38)39)16-48(34)4)8-6-24-46-31-27-25(17(2)9-19-11-22(44-14-19)15-45-33(27)47-24)29(36)26(30(31)37)23-12-21(43)10-18(3)28(23)35(40,41)42/h10,12,19,22,44H,2,5-9,11,13-16,43H2,1,3-4H3,(H,45,46,47)/t19-,22+,34?/m0/s1. The van der Waals surface area contributed by atoms with Crippen LogP contribution in [-0.2, 0) is 12.6 Å². The number of rotatable bonds is 6. The molecule has 3 aliphatic rings. The van der Waals surface area contributed by atoms with Crippen LogP contribution in [0.15, 0.2) is 30.4 Å². The summed E-state index contributed by atoms with van der Waals surface area (Å²) in [5.74, 6) is -2.08. The maximum atomic E-state index is 16.9. The van der Waals surface area contributed by atoms with Gasteiger partial charge in [-0.15, -0.1) is 0 Å². The molecule has 0 radical (unpaired) electrons. The first kappa shape index (κ1) is 34.2. The smallest absolute Gasteiger partial charge is 0.399 e. The fourth-order valence-corrected chi connectivity index (χ4v) is 8.09. The number of nitrogen functional groups attached to an aromatic ring is 1. The Kier molecular flexibility index (Phi) is 8.99. The summed E-state index contributed by atoms with van der Waals surface area (Å²) < 4.78 is 105. The Bertz CT molecular complexity index is 1820. The Morgan fingerprint density at radius 3 is 2.52 bits per heavy atom. The van der Waals surface area contributed by atoms with Crippen molar-refractivity contribution in [1.29, 1.82) is 0 Å². The molecule has 6 rings (SSSR count). The maximum absolute atomic E-state index is 16.9.